The van der Waals surface area contributed by atoms with Crippen molar-refractivity contribution >= 4 is 11.9 Å². The second kappa shape index (κ2) is 5.36. The average molecular weight is 264 g/mol. The first-order valence-corrected chi connectivity index (χ1v) is 6.15. The Labute approximate surface area is 110 Å². The van der Waals surface area contributed by atoms with Gasteiger partial charge in [-0.05, 0) is 24.5 Å². The Hall–Kier alpha value is -1.95. The zero-order valence-corrected chi connectivity index (χ0v) is 10.6. The van der Waals surface area contributed by atoms with Crippen LogP contribution in [-0.4, -0.2) is 51.2 Å². The molecule has 1 aromatic rings. The van der Waals surface area contributed by atoms with Crippen molar-refractivity contribution in [3.05, 3.63) is 29.6 Å². The molecule has 0 aromatic carbocycles. The number of nitrogens with zero attached hydrogens (tertiary/aromatic N) is 2. The molecule has 6 heteroatoms. The van der Waals surface area contributed by atoms with E-state index in [2.05, 4.69) is 4.98 Å². The van der Waals surface area contributed by atoms with Crippen LogP contribution in [0, 0.1) is 5.92 Å². The summed E-state index contributed by atoms with van der Waals surface area (Å²) in [4.78, 5) is 28.4. The molecular weight excluding hydrogens is 248 g/mol. The first-order valence-electron chi connectivity index (χ1n) is 6.15. The number of amides is 1. The summed E-state index contributed by atoms with van der Waals surface area (Å²) in [5, 5.41) is 18.4. The molecule has 2 unspecified atom stereocenters. The van der Waals surface area contributed by atoms with E-state index in [9.17, 15) is 14.7 Å². The molecule has 0 bridgehead atoms. The monoisotopic (exact) mass is 264 g/mol. The SMILES string of the molecule is CC1CN(C(=O)c2ccc(C(=O)O)cn2)CCC1O. The molecule has 102 valence electrons. The van der Waals surface area contributed by atoms with Crippen LogP contribution in [0.1, 0.15) is 34.2 Å². The maximum absolute atomic E-state index is 12.2. The molecule has 1 aliphatic heterocycles. The molecule has 19 heavy (non-hydrogen) atoms. The molecule has 0 spiro atoms. The van der Waals surface area contributed by atoms with Crippen molar-refractivity contribution < 1.29 is 19.8 Å². The summed E-state index contributed by atoms with van der Waals surface area (Å²) >= 11 is 0. The van der Waals surface area contributed by atoms with Crippen LogP contribution >= 0.6 is 0 Å². The third kappa shape index (κ3) is 2.90. The van der Waals surface area contributed by atoms with Gasteiger partial charge >= 0.3 is 5.97 Å². The van der Waals surface area contributed by atoms with Gasteiger partial charge in [-0.25, -0.2) is 4.79 Å². The predicted molar refractivity (Wildman–Crippen MR) is 66.9 cm³/mol. The lowest BCUT2D eigenvalue weighted by atomic mass is 9.96. The number of aromatic nitrogens is 1. The Morgan fingerprint density at radius 1 is 1.42 bits per heavy atom. The Morgan fingerprint density at radius 3 is 2.68 bits per heavy atom. The average Bonchev–Trinajstić information content (AvgIpc) is 2.41. The van der Waals surface area contributed by atoms with E-state index in [0.29, 0.717) is 19.5 Å². The topological polar surface area (TPSA) is 90.7 Å². The van der Waals surface area contributed by atoms with E-state index in [4.69, 9.17) is 5.11 Å². The quantitative estimate of drug-likeness (QED) is 0.817. The largest absolute Gasteiger partial charge is 0.478 e. The number of hydrogen-bond donors (Lipinski definition) is 2. The summed E-state index contributed by atoms with van der Waals surface area (Å²) in [5.41, 5.74) is 0.285. The zero-order chi connectivity index (χ0) is 14.0. The van der Waals surface area contributed by atoms with Gasteiger partial charge in [0.1, 0.15) is 5.69 Å². The Kier molecular flexibility index (Phi) is 3.80. The number of pyridine rings is 1. The van der Waals surface area contributed by atoms with Gasteiger partial charge in [0.05, 0.1) is 11.7 Å². The molecule has 0 aliphatic carbocycles. The number of likely N-dealkylation sites (tertiary alicyclic amines) is 1. The minimum absolute atomic E-state index is 0.0380. The van der Waals surface area contributed by atoms with Crippen molar-refractivity contribution in [3.63, 3.8) is 0 Å². The molecule has 0 saturated carbocycles. The van der Waals surface area contributed by atoms with Crippen LogP contribution in [0.2, 0.25) is 0 Å². The van der Waals surface area contributed by atoms with E-state index in [-0.39, 0.29) is 29.2 Å². The Balaban J connectivity index is 2.09. The second-order valence-electron chi connectivity index (χ2n) is 4.82. The van der Waals surface area contributed by atoms with Gasteiger partial charge in [-0.15, -0.1) is 0 Å². The maximum Gasteiger partial charge on any atom is 0.337 e. The van der Waals surface area contributed by atoms with Crippen molar-refractivity contribution in [2.75, 3.05) is 13.1 Å². The molecule has 2 atom stereocenters. The highest BCUT2D eigenvalue weighted by atomic mass is 16.4. The number of carboxylic acids is 1. The number of carboxylic acid groups (broad SMARTS) is 1. The zero-order valence-electron chi connectivity index (χ0n) is 10.6. The van der Waals surface area contributed by atoms with E-state index < -0.39 is 5.97 Å². The Bertz CT molecular complexity index is 486. The smallest absolute Gasteiger partial charge is 0.337 e. The van der Waals surface area contributed by atoms with E-state index in [0.717, 1.165) is 0 Å². The number of rotatable bonds is 2. The van der Waals surface area contributed by atoms with Gasteiger partial charge in [0, 0.05) is 19.3 Å². The molecule has 1 amide bonds. The van der Waals surface area contributed by atoms with Gasteiger partial charge in [-0.3, -0.25) is 9.78 Å². The highest BCUT2D eigenvalue weighted by molar-refractivity contribution is 5.93. The fourth-order valence-electron chi connectivity index (χ4n) is 2.13. The first kappa shape index (κ1) is 13.5. The summed E-state index contributed by atoms with van der Waals surface area (Å²) in [6.07, 6.45) is 1.36. The molecule has 2 rings (SSSR count). The van der Waals surface area contributed by atoms with E-state index in [1.807, 2.05) is 6.92 Å². The van der Waals surface area contributed by atoms with Gasteiger partial charge in [0.15, 0.2) is 0 Å². The third-order valence-corrected chi connectivity index (χ3v) is 3.38. The van der Waals surface area contributed by atoms with Crippen molar-refractivity contribution in [1.82, 2.24) is 9.88 Å². The van der Waals surface area contributed by atoms with Crippen molar-refractivity contribution in [3.8, 4) is 0 Å². The maximum atomic E-state index is 12.2. The summed E-state index contributed by atoms with van der Waals surface area (Å²) in [7, 11) is 0. The fourth-order valence-corrected chi connectivity index (χ4v) is 2.13. The van der Waals surface area contributed by atoms with Gasteiger partial charge in [0.2, 0.25) is 0 Å². The summed E-state index contributed by atoms with van der Waals surface area (Å²) in [5.74, 6) is -1.26. The van der Waals surface area contributed by atoms with Gasteiger partial charge in [-0.2, -0.15) is 0 Å². The molecule has 1 aliphatic rings. The van der Waals surface area contributed by atoms with E-state index in [1.54, 1.807) is 4.90 Å². The van der Waals surface area contributed by atoms with Crippen LogP contribution in [0.3, 0.4) is 0 Å². The number of carbonyl (C=O) groups is 2. The Morgan fingerprint density at radius 2 is 2.16 bits per heavy atom. The van der Waals surface area contributed by atoms with Crippen LogP contribution in [-0.2, 0) is 0 Å². The number of piperidine rings is 1. The van der Waals surface area contributed by atoms with Crippen LogP contribution in [0.5, 0.6) is 0 Å². The van der Waals surface area contributed by atoms with Crippen LogP contribution in [0.4, 0.5) is 0 Å². The lowest BCUT2D eigenvalue weighted by Crippen LogP contribution is -2.45. The predicted octanol–water partition coefficient (Wildman–Crippen LogP) is 0.623. The summed E-state index contributed by atoms with van der Waals surface area (Å²) in [6.45, 7) is 2.88. The number of carbonyl (C=O) groups excluding carboxylic acids is 1. The molecule has 1 saturated heterocycles. The van der Waals surface area contributed by atoms with Crippen molar-refractivity contribution in [2.24, 2.45) is 5.92 Å². The van der Waals surface area contributed by atoms with Crippen LogP contribution < -0.4 is 0 Å². The van der Waals surface area contributed by atoms with E-state index in [1.165, 1.54) is 18.3 Å². The minimum Gasteiger partial charge on any atom is -0.478 e. The highest BCUT2D eigenvalue weighted by Gasteiger charge is 2.28. The van der Waals surface area contributed by atoms with Gasteiger partial charge in [0.25, 0.3) is 5.91 Å². The van der Waals surface area contributed by atoms with Gasteiger partial charge < -0.3 is 15.1 Å². The second-order valence-corrected chi connectivity index (χ2v) is 4.82. The highest BCUT2D eigenvalue weighted by Crippen LogP contribution is 2.18. The summed E-state index contributed by atoms with van der Waals surface area (Å²) in [6, 6.07) is 2.78. The summed E-state index contributed by atoms with van der Waals surface area (Å²) < 4.78 is 0. The number of aliphatic hydroxyl groups is 1. The number of hydrogen-bond acceptors (Lipinski definition) is 4. The number of aliphatic hydroxyl groups excluding tert-OH is 1. The van der Waals surface area contributed by atoms with Gasteiger partial charge in [-0.1, -0.05) is 6.92 Å². The lowest BCUT2D eigenvalue weighted by Gasteiger charge is -2.34. The first-order chi connectivity index (χ1) is 8.99. The fraction of sp³-hybridized carbons (Fsp3) is 0.462. The third-order valence-electron chi connectivity index (χ3n) is 3.38. The molecule has 0 radical (unpaired) electrons. The van der Waals surface area contributed by atoms with Crippen LogP contribution in [0.15, 0.2) is 18.3 Å². The molecule has 1 aromatic heterocycles. The van der Waals surface area contributed by atoms with E-state index >= 15 is 0 Å². The molecule has 2 heterocycles. The standard InChI is InChI=1S/C13H16N2O4/c1-8-7-15(5-4-11(8)16)12(17)10-3-2-9(6-14-10)13(18)19/h2-3,6,8,11,16H,4-5,7H2,1H3,(H,18,19). The molecule has 2 N–H and O–H groups in total. The molecule has 6 nitrogen and oxygen atoms in total. The normalized spacial score (nSPS) is 23.2. The van der Waals surface area contributed by atoms with Crippen molar-refractivity contribution in [2.45, 2.75) is 19.4 Å². The lowest BCUT2D eigenvalue weighted by molar-refractivity contribution is 0.0293. The van der Waals surface area contributed by atoms with Crippen molar-refractivity contribution in [1.29, 1.82) is 0 Å². The minimum atomic E-state index is -1.07. The number of aromatic carboxylic acids is 1. The van der Waals surface area contributed by atoms with Crippen LogP contribution in [0.25, 0.3) is 0 Å². The molecular formula is C13H16N2O4. The molecule has 1 fully saturated rings.